The number of fused-ring (bicyclic) bond motifs is 1. The minimum Gasteiger partial charge on any atom is -0.438 e. The van der Waals surface area contributed by atoms with Crippen molar-refractivity contribution in [2.45, 2.75) is 65.5 Å². The Morgan fingerprint density at radius 1 is 1.06 bits per heavy atom. The first kappa shape index (κ1) is 26.0. The molecule has 0 spiro atoms. The Kier molecular flexibility index (Phi) is 8.56. The van der Waals surface area contributed by atoms with Crippen LogP contribution in [-0.2, 0) is 6.54 Å². The summed E-state index contributed by atoms with van der Waals surface area (Å²) in [6, 6.07) is 16.3. The van der Waals surface area contributed by atoms with Gasteiger partial charge in [-0.1, -0.05) is 57.5 Å². The van der Waals surface area contributed by atoms with Gasteiger partial charge >= 0.3 is 0 Å². The Labute approximate surface area is 208 Å². The van der Waals surface area contributed by atoms with Crippen molar-refractivity contribution in [2.75, 3.05) is 0 Å². The summed E-state index contributed by atoms with van der Waals surface area (Å²) >= 11 is 0. The summed E-state index contributed by atoms with van der Waals surface area (Å²) < 4.78 is 6.05. The van der Waals surface area contributed by atoms with Crippen molar-refractivity contribution in [3.8, 4) is 11.6 Å². The van der Waals surface area contributed by atoms with E-state index in [0.717, 1.165) is 23.6 Å². The molecular formula is C28H36ClN3O2. The number of ether oxygens (including phenoxy) is 1. The summed E-state index contributed by atoms with van der Waals surface area (Å²) in [4.78, 5) is 15.5. The molecule has 0 bridgehead atoms. The van der Waals surface area contributed by atoms with E-state index in [1.54, 1.807) is 12.1 Å². The van der Waals surface area contributed by atoms with E-state index in [0.29, 0.717) is 22.9 Å². The van der Waals surface area contributed by atoms with Gasteiger partial charge in [-0.3, -0.25) is 4.79 Å². The number of nitrogens with two attached hydrogens (primary N) is 1. The SMILES string of the molecule is CCC(C)(C)[C@H]1CC[C@@H](NCc2ccc(Oc3ccc(C(N)=O)cn3)c3ccccc23)CC1.Cl. The van der Waals surface area contributed by atoms with Crippen LogP contribution in [0.5, 0.6) is 11.6 Å². The van der Waals surface area contributed by atoms with Gasteiger partial charge in [-0.2, -0.15) is 0 Å². The van der Waals surface area contributed by atoms with Crippen molar-refractivity contribution >= 4 is 29.1 Å². The molecule has 0 saturated heterocycles. The first-order chi connectivity index (χ1) is 15.9. The molecule has 0 unspecified atom stereocenters. The molecule has 1 aliphatic carbocycles. The van der Waals surface area contributed by atoms with Gasteiger partial charge in [0, 0.05) is 30.2 Å². The molecule has 5 nitrogen and oxygen atoms in total. The first-order valence-electron chi connectivity index (χ1n) is 12.0. The summed E-state index contributed by atoms with van der Waals surface area (Å²) in [5, 5.41) is 6.03. The maximum atomic E-state index is 11.3. The number of aromatic nitrogens is 1. The minimum absolute atomic E-state index is 0. The van der Waals surface area contributed by atoms with Crippen molar-refractivity contribution in [3.05, 3.63) is 65.9 Å². The number of nitrogens with one attached hydrogen (secondary N) is 1. The lowest BCUT2D eigenvalue weighted by atomic mass is 9.69. The van der Waals surface area contributed by atoms with E-state index in [1.807, 2.05) is 12.1 Å². The Morgan fingerprint density at radius 3 is 2.38 bits per heavy atom. The lowest BCUT2D eigenvalue weighted by Gasteiger charge is -2.39. The predicted octanol–water partition coefficient (Wildman–Crippen LogP) is 6.63. The lowest BCUT2D eigenvalue weighted by molar-refractivity contribution is 0.1000. The van der Waals surface area contributed by atoms with Crippen LogP contribution in [0.15, 0.2) is 54.7 Å². The number of primary amides is 1. The highest BCUT2D eigenvalue weighted by Crippen LogP contribution is 2.40. The molecule has 0 atom stereocenters. The van der Waals surface area contributed by atoms with Gasteiger partial charge in [-0.25, -0.2) is 4.98 Å². The standard InChI is InChI=1S/C28H35N3O2.ClH/c1-4-28(2,3)21-11-13-22(14-12-21)30-17-19-9-15-25(24-8-6-5-7-23(19)24)33-26-16-10-20(18-31-26)27(29)32;/h5-10,15-16,18,21-22,30H,4,11-14,17H2,1-3H3,(H2,29,32);1H/t21-,22+;. The number of hydrogen-bond donors (Lipinski definition) is 2. The molecule has 34 heavy (non-hydrogen) atoms. The second-order valence-electron chi connectivity index (χ2n) is 9.89. The molecule has 1 saturated carbocycles. The fourth-order valence-corrected chi connectivity index (χ4v) is 4.90. The highest BCUT2D eigenvalue weighted by Gasteiger charge is 2.31. The zero-order valence-corrected chi connectivity index (χ0v) is 21.2. The van der Waals surface area contributed by atoms with Gasteiger partial charge in [0.15, 0.2) is 0 Å². The number of carbonyl (C=O) groups excluding carboxylic acids is 1. The zero-order valence-electron chi connectivity index (χ0n) is 20.3. The van der Waals surface area contributed by atoms with Gasteiger partial charge in [0.1, 0.15) is 5.75 Å². The van der Waals surface area contributed by atoms with Crippen LogP contribution in [0.25, 0.3) is 10.8 Å². The third kappa shape index (κ3) is 5.89. The van der Waals surface area contributed by atoms with E-state index in [9.17, 15) is 4.79 Å². The number of pyridine rings is 1. The average molecular weight is 482 g/mol. The van der Waals surface area contributed by atoms with Gasteiger partial charge in [0.05, 0.1) is 5.56 Å². The largest absolute Gasteiger partial charge is 0.438 e. The van der Waals surface area contributed by atoms with Crippen LogP contribution in [0.2, 0.25) is 0 Å². The molecule has 3 N–H and O–H groups in total. The molecule has 3 aromatic rings. The zero-order chi connectivity index (χ0) is 23.4. The van der Waals surface area contributed by atoms with E-state index in [1.165, 1.54) is 49.3 Å². The van der Waals surface area contributed by atoms with Crippen molar-refractivity contribution in [3.63, 3.8) is 0 Å². The second kappa shape index (κ2) is 11.2. The Balaban J connectivity index is 0.00000324. The average Bonchev–Trinajstić information content (AvgIpc) is 2.84. The monoisotopic (exact) mass is 481 g/mol. The fourth-order valence-electron chi connectivity index (χ4n) is 4.90. The molecule has 182 valence electrons. The quantitative estimate of drug-likeness (QED) is 0.378. The van der Waals surface area contributed by atoms with Crippen molar-refractivity contribution in [1.82, 2.24) is 10.3 Å². The van der Waals surface area contributed by atoms with Crippen LogP contribution in [0.4, 0.5) is 0 Å². The number of hydrogen-bond acceptors (Lipinski definition) is 4. The summed E-state index contributed by atoms with van der Waals surface area (Å²) in [6.45, 7) is 8.00. The van der Waals surface area contributed by atoms with E-state index in [4.69, 9.17) is 10.5 Å². The van der Waals surface area contributed by atoms with Crippen LogP contribution in [0, 0.1) is 11.3 Å². The van der Waals surface area contributed by atoms with Crippen molar-refractivity contribution < 1.29 is 9.53 Å². The Morgan fingerprint density at radius 2 is 1.76 bits per heavy atom. The van der Waals surface area contributed by atoms with Gasteiger partial charge in [-0.05, 0) is 60.1 Å². The number of carbonyl (C=O) groups is 1. The van der Waals surface area contributed by atoms with Gasteiger partial charge in [-0.15, -0.1) is 12.4 Å². The summed E-state index contributed by atoms with van der Waals surface area (Å²) in [6.07, 6.45) is 7.82. The maximum absolute atomic E-state index is 11.3. The van der Waals surface area contributed by atoms with E-state index in [2.05, 4.69) is 55.3 Å². The van der Waals surface area contributed by atoms with Gasteiger partial charge < -0.3 is 15.8 Å². The number of amides is 1. The molecule has 1 heterocycles. The molecule has 6 heteroatoms. The van der Waals surface area contributed by atoms with Gasteiger partial charge in [0.2, 0.25) is 11.8 Å². The molecule has 2 aromatic carbocycles. The normalized spacial score (nSPS) is 18.3. The maximum Gasteiger partial charge on any atom is 0.250 e. The van der Waals surface area contributed by atoms with E-state index in [-0.39, 0.29) is 12.4 Å². The molecule has 0 aliphatic heterocycles. The van der Waals surface area contributed by atoms with Crippen LogP contribution in [-0.4, -0.2) is 16.9 Å². The minimum atomic E-state index is -0.501. The highest BCUT2D eigenvalue weighted by molar-refractivity contribution is 5.92. The Hall–Kier alpha value is -2.63. The smallest absolute Gasteiger partial charge is 0.250 e. The summed E-state index contributed by atoms with van der Waals surface area (Å²) in [5.74, 6) is 1.51. The van der Waals surface area contributed by atoms with Crippen LogP contribution < -0.4 is 15.8 Å². The third-order valence-electron chi connectivity index (χ3n) is 7.53. The number of nitrogens with zero attached hydrogens (tertiary/aromatic N) is 1. The molecule has 1 amide bonds. The molecule has 1 aliphatic rings. The fraction of sp³-hybridized carbons (Fsp3) is 0.429. The van der Waals surface area contributed by atoms with E-state index < -0.39 is 5.91 Å². The van der Waals surface area contributed by atoms with Crippen LogP contribution in [0.3, 0.4) is 0 Å². The Bertz CT molecular complexity index is 1110. The molecular weight excluding hydrogens is 446 g/mol. The summed E-state index contributed by atoms with van der Waals surface area (Å²) in [5.41, 5.74) is 7.38. The second-order valence-corrected chi connectivity index (χ2v) is 9.89. The lowest BCUT2D eigenvalue weighted by Crippen LogP contribution is -2.36. The first-order valence-corrected chi connectivity index (χ1v) is 12.0. The highest BCUT2D eigenvalue weighted by atomic mass is 35.5. The van der Waals surface area contributed by atoms with E-state index >= 15 is 0 Å². The predicted molar refractivity (Wildman–Crippen MR) is 141 cm³/mol. The van der Waals surface area contributed by atoms with Crippen LogP contribution >= 0.6 is 12.4 Å². The van der Waals surface area contributed by atoms with Crippen LogP contribution in [0.1, 0.15) is 68.8 Å². The molecule has 1 fully saturated rings. The third-order valence-corrected chi connectivity index (χ3v) is 7.53. The number of halogens is 1. The molecule has 1 aromatic heterocycles. The number of benzene rings is 2. The summed E-state index contributed by atoms with van der Waals surface area (Å²) in [7, 11) is 0. The van der Waals surface area contributed by atoms with Crippen molar-refractivity contribution in [2.24, 2.45) is 17.1 Å². The topological polar surface area (TPSA) is 77.2 Å². The molecule has 4 rings (SSSR count). The van der Waals surface area contributed by atoms with Gasteiger partial charge in [0.25, 0.3) is 0 Å². The van der Waals surface area contributed by atoms with Crippen molar-refractivity contribution in [1.29, 1.82) is 0 Å². The number of rotatable bonds is 8. The molecule has 0 radical (unpaired) electrons.